The van der Waals surface area contributed by atoms with E-state index < -0.39 is 22.4 Å². The summed E-state index contributed by atoms with van der Waals surface area (Å²) in [7, 11) is 4.07. The van der Waals surface area contributed by atoms with Gasteiger partial charge in [0.05, 0.1) is 0 Å². The number of rotatable bonds is 4. The Bertz CT molecular complexity index is 527. The second-order valence-electron chi connectivity index (χ2n) is 4.81. The van der Waals surface area contributed by atoms with Crippen molar-refractivity contribution in [2.75, 3.05) is 14.1 Å². The fraction of sp³-hybridized carbons (Fsp3) is 0.250. The molecule has 0 saturated heterocycles. The molecule has 0 aliphatic heterocycles. The summed E-state index contributed by atoms with van der Waals surface area (Å²) in [6, 6.07) is 17.9. The summed E-state index contributed by atoms with van der Waals surface area (Å²) >= 11 is -3.29. The molecular formula is C16H19BiFN. The molecule has 2 rings (SSSR count). The first-order valence-corrected chi connectivity index (χ1v) is 11.2. The van der Waals surface area contributed by atoms with Gasteiger partial charge < -0.3 is 0 Å². The maximum absolute atomic E-state index is 14.9. The van der Waals surface area contributed by atoms with E-state index in [-0.39, 0.29) is 6.04 Å². The van der Waals surface area contributed by atoms with Gasteiger partial charge in [0.1, 0.15) is 0 Å². The van der Waals surface area contributed by atoms with Crippen LogP contribution in [0.25, 0.3) is 0 Å². The van der Waals surface area contributed by atoms with E-state index in [4.69, 9.17) is 0 Å². The van der Waals surface area contributed by atoms with E-state index in [2.05, 4.69) is 17.9 Å². The van der Waals surface area contributed by atoms with Crippen LogP contribution in [-0.4, -0.2) is 41.4 Å². The molecule has 0 unspecified atom stereocenters. The molecule has 0 saturated carbocycles. The van der Waals surface area contributed by atoms with Crippen molar-refractivity contribution in [2.45, 2.75) is 13.0 Å². The Balaban J connectivity index is 2.40. The third kappa shape index (κ3) is 3.40. The number of hydrogen-bond acceptors (Lipinski definition) is 1. The van der Waals surface area contributed by atoms with Gasteiger partial charge in [-0.05, 0) is 0 Å². The van der Waals surface area contributed by atoms with Crippen molar-refractivity contribution in [2.24, 2.45) is 0 Å². The number of halogens is 1. The topological polar surface area (TPSA) is 3.24 Å². The Kier molecular flexibility index (Phi) is 5.07. The Labute approximate surface area is 123 Å². The van der Waals surface area contributed by atoms with Gasteiger partial charge in [0.2, 0.25) is 0 Å². The first-order valence-electron chi connectivity index (χ1n) is 6.37. The van der Waals surface area contributed by atoms with E-state index in [0.717, 1.165) is 12.1 Å². The zero-order valence-electron chi connectivity index (χ0n) is 11.5. The average molecular weight is 453 g/mol. The van der Waals surface area contributed by atoms with Gasteiger partial charge >= 0.3 is 124 Å². The summed E-state index contributed by atoms with van der Waals surface area (Å²) in [4.78, 5) is 2.13. The van der Waals surface area contributed by atoms with Crippen molar-refractivity contribution in [3.63, 3.8) is 0 Å². The molecule has 3 heteroatoms. The van der Waals surface area contributed by atoms with Crippen LogP contribution in [0, 0.1) is 0 Å². The van der Waals surface area contributed by atoms with Gasteiger partial charge in [-0.3, -0.25) is 0 Å². The summed E-state index contributed by atoms with van der Waals surface area (Å²) in [5.41, 5.74) is 1.14. The van der Waals surface area contributed by atoms with Crippen molar-refractivity contribution in [3.05, 3.63) is 60.2 Å². The van der Waals surface area contributed by atoms with E-state index in [1.807, 2.05) is 62.6 Å². The molecule has 0 N–H and O–H groups in total. The molecule has 0 spiro atoms. The van der Waals surface area contributed by atoms with Gasteiger partial charge in [0.25, 0.3) is 0 Å². The fourth-order valence-electron chi connectivity index (χ4n) is 2.00. The van der Waals surface area contributed by atoms with Gasteiger partial charge in [-0.25, -0.2) is 0 Å². The monoisotopic (exact) mass is 453 g/mol. The molecule has 0 radical (unpaired) electrons. The summed E-state index contributed by atoms with van der Waals surface area (Å²) in [6.07, 6.45) is 0. The molecule has 100 valence electrons. The normalized spacial score (nSPS) is 12.9. The van der Waals surface area contributed by atoms with Gasteiger partial charge in [-0.15, -0.1) is 0 Å². The number of nitrogens with zero attached hydrogens (tertiary/aromatic N) is 1. The third-order valence-electron chi connectivity index (χ3n) is 3.36. The van der Waals surface area contributed by atoms with Crippen LogP contribution >= 0.6 is 0 Å². The van der Waals surface area contributed by atoms with Gasteiger partial charge in [0.15, 0.2) is 0 Å². The van der Waals surface area contributed by atoms with Gasteiger partial charge in [-0.2, -0.15) is 0 Å². The first kappa shape index (κ1) is 14.6. The molecule has 0 bridgehead atoms. The van der Waals surface area contributed by atoms with Crippen molar-refractivity contribution >= 4 is 28.9 Å². The first-order chi connectivity index (χ1) is 9.11. The molecule has 0 aliphatic carbocycles. The summed E-state index contributed by atoms with van der Waals surface area (Å²) in [5.74, 6) is 0. The molecule has 0 aromatic heterocycles. The second-order valence-corrected chi connectivity index (χ2v) is 10.9. The predicted octanol–water partition coefficient (Wildman–Crippen LogP) is 2.38. The SMILES string of the molecule is C[C@H](c1cccc[c]1[Bi]([F])[c]1ccccc1)N(C)C. The standard InChI is InChI=1S/C10H14N.C6H5.Bi.FH/c1-9(11(2)3)10-7-5-4-6-8-10;1-2-4-6-5-3-1;;/h4-7,9H,1-3H3;1-5H;;1H/q;;+1;/p-1/t9-;;;/m1.../s1. The Morgan fingerprint density at radius 3 is 2.16 bits per heavy atom. The van der Waals surface area contributed by atoms with Crippen LogP contribution in [0.4, 0.5) is 2.63 Å². The minimum atomic E-state index is -3.29. The minimum absolute atomic E-state index is 0.244. The molecule has 2 aromatic carbocycles. The molecule has 0 heterocycles. The van der Waals surface area contributed by atoms with Crippen LogP contribution < -0.4 is 6.54 Å². The quantitative estimate of drug-likeness (QED) is 0.643. The van der Waals surface area contributed by atoms with E-state index in [1.54, 1.807) is 0 Å². The van der Waals surface area contributed by atoms with E-state index in [0.29, 0.717) is 0 Å². The summed E-state index contributed by atoms with van der Waals surface area (Å²) < 4.78 is 16.8. The zero-order chi connectivity index (χ0) is 13.8. The molecule has 0 aliphatic rings. The second kappa shape index (κ2) is 6.58. The van der Waals surface area contributed by atoms with E-state index in [9.17, 15) is 2.63 Å². The van der Waals surface area contributed by atoms with Crippen LogP contribution in [0.5, 0.6) is 0 Å². The van der Waals surface area contributed by atoms with Crippen molar-refractivity contribution < 1.29 is 2.63 Å². The summed E-state index contributed by atoms with van der Waals surface area (Å²) in [6.45, 7) is 2.13. The molecule has 1 atom stereocenters. The summed E-state index contributed by atoms with van der Waals surface area (Å²) in [5, 5.41) is 0. The van der Waals surface area contributed by atoms with Crippen molar-refractivity contribution in [1.29, 1.82) is 0 Å². The molecule has 1 nitrogen and oxygen atoms in total. The predicted molar refractivity (Wildman–Crippen MR) is 81.1 cm³/mol. The molecular weight excluding hydrogens is 434 g/mol. The zero-order valence-corrected chi connectivity index (χ0v) is 15.0. The molecule has 19 heavy (non-hydrogen) atoms. The average Bonchev–Trinajstić information content (AvgIpc) is 2.46. The van der Waals surface area contributed by atoms with E-state index >= 15 is 0 Å². The van der Waals surface area contributed by atoms with Gasteiger partial charge in [0, 0.05) is 0 Å². The fourth-order valence-corrected chi connectivity index (χ4v) is 7.50. The Morgan fingerprint density at radius 1 is 0.947 bits per heavy atom. The number of hydrogen-bond donors (Lipinski definition) is 0. The van der Waals surface area contributed by atoms with Crippen LogP contribution in [-0.2, 0) is 0 Å². The van der Waals surface area contributed by atoms with Gasteiger partial charge in [-0.1, -0.05) is 0 Å². The van der Waals surface area contributed by atoms with Crippen LogP contribution in [0.2, 0.25) is 0 Å². The maximum atomic E-state index is 14.9. The third-order valence-corrected chi connectivity index (χ3v) is 9.51. The van der Waals surface area contributed by atoms with Crippen LogP contribution in [0.3, 0.4) is 0 Å². The van der Waals surface area contributed by atoms with Crippen molar-refractivity contribution in [1.82, 2.24) is 4.90 Å². The van der Waals surface area contributed by atoms with E-state index in [1.165, 1.54) is 0 Å². The Morgan fingerprint density at radius 2 is 1.53 bits per heavy atom. The van der Waals surface area contributed by atoms with Crippen LogP contribution in [0.1, 0.15) is 18.5 Å². The molecule has 0 amide bonds. The Hall–Kier alpha value is -0.787. The number of benzene rings is 2. The van der Waals surface area contributed by atoms with Crippen molar-refractivity contribution in [3.8, 4) is 0 Å². The molecule has 2 aromatic rings. The molecule has 0 fully saturated rings. The van der Waals surface area contributed by atoms with Crippen LogP contribution in [0.15, 0.2) is 54.6 Å².